The monoisotopic (exact) mass is 186 g/mol. The summed E-state index contributed by atoms with van der Waals surface area (Å²) >= 11 is 0.569. The molecular formula is C4H10Cl2Ni. The number of rotatable bonds is 0. The van der Waals surface area contributed by atoms with Gasteiger partial charge in [0.05, 0.1) is 0 Å². The first-order valence-corrected chi connectivity index (χ1v) is 4.37. The van der Waals surface area contributed by atoms with E-state index in [1.807, 2.05) is 0 Å². The molecule has 0 fully saturated rings. The first-order chi connectivity index (χ1) is 3.41. The zero-order valence-corrected chi connectivity index (χ0v) is 6.99. The third-order valence-corrected chi connectivity index (χ3v) is 0. The fourth-order valence-electron chi connectivity index (χ4n) is 0. The molecule has 0 rings (SSSR count). The molecule has 0 saturated heterocycles. The summed E-state index contributed by atoms with van der Waals surface area (Å²) < 4.78 is 0. The van der Waals surface area contributed by atoms with Crippen molar-refractivity contribution in [2.75, 3.05) is 0 Å². The summed E-state index contributed by atoms with van der Waals surface area (Å²) in [6.07, 6.45) is 0. The Hall–Kier alpha value is 1.07. The van der Waals surface area contributed by atoms with E-state index in [-0.39, 0.29) is 0 Å². The van der Waals surface area contributed by atoms with Gasteiger partial charge in [-0.15, -0.1) is 0 Å². The van der Waals surface area contributed by atoms with Gasteiger partial charge in [0.15, 0.2) is 0 Å². The zero-order valence-electron chi connectivity index (χ0n) is 4.49. The molecule has 0 unspecified atom stereocenters. The van der Waals surface area contributed by atoms with Crippen molar-refractivity contribution in [2.24, 2.45) is 0 Å². The van der Waals surface area contributed by atoms with Gasteiger partial charge in [-0.25, -0.2) is 0 Å². The molecule has 0 radical (unpaired) electrons. The van der Waals surface area contributed by atoms with Gasteiger partial charge in [-0.05, 0) is 0 Å². The average molecular weight is 188 g/mol. The molecule has 0 aromatic heterocycles. The van der Waals surface area contributed by atoms with Gasteiger partial charge in [-0.1, -0.05) is 0 Å². The zero-order chi connectivity index (χ0) is 6.71. The molecule has 0 spiro atoms. The second kappa shape index (κ2) is 60.7. The molecule has 0 aliphatic rings. The second-order valence-electron chi connectivity index (χ2n) is 0.0452. The van der Waals surface area contributed by atoms with E-state index >= 15 is 0 Å². The van der Waals surface area contributed by atoms with Crippen molar-refractivity contribution in [3.05, 3.63) is 13.8 Å². The molecule has 0 saturated carbocycles. The summed E-state index contributed by atoms with van der Waals surface area (Å²) in [7, 11) is 9.40. The van der Waals surface area contributed by atoms with Crippen LogP contribution in [-0.4, -0.2) is 0 Å². The van der Waals surface area contributed by atoms with Crippen molar-refractivity contribution < 1.29 is 12.7 Å². The summed E-state index contributed by atoms with van der Waals surface area (Å²) in [6, 6.07) is 0. The minimum absolute atomic E-state index is 0.569. The first-order valence-electron chi connectivity index (χ1n) is 1.65. The van der Waals surface area contributed by atoms with Crippen molar-refractivity contribution in [1.29, 1.82) is 0 Å². The molecule has 0 aliphatic carbocycles. The Morgan fingerprint density at radius 1 is 1.00 bits per heavy atom. The summed E-state index contributed by atoms with van der Waals surface area (Å²) in [6.45, 7) is 10.0. The predicted octanol–water partition coefficient (Wildman–Crippen LogP) is 3.06. The molecule has 0 aromatic carbocycles. The first kappa shape index (κ1) is 15.7. The fraction of sp³-hybridized carbons (Fsp3) is 0.500. The van der Waals surface area contributed by atoms with Crippen LogP contribution in [0.3, 0.4) is 0 Å². The Labute approximate surface area is 60.9 Å². The Morgan fingerprint density at radius 3 is 1.00 bits per heavy atom. The Kier molecular flexibility index (Phi) is 136. The molecule has 50 valence electrons. The van der Waals surface area contributed by atoms with Crippen LogP contribution in [0.4, 0.5) is 0 Å². The summed E-state index contributed by atoms with van der Waals surface area (Å²) in [5.41, 5.74) is 0. The van der Waals surface area contributed by atoms with Crippen molar-refractivity contribution in [2.45, 2.75) is 13.8 Å². The second-order valence-corrected chi connectivity index (χ2v) is 1.68. The van der Waals surface area contributed by atoms with Gasteiger partial charge in [-0.3, -0.25) is 0 Å². The van der Waals surface area contributed by atoms with Gasteiger partial charge in [0.2, 0.25) is 0 Å². The number of hydrogen-bond acceptors (Lipinski definition) is 0. The van der Waals surface area contributed by atoms with E-state index in [0.29, 0.717) is 12.7 Å². The Bertz CT molecular complexity index is 9.65. The minimum atomic E-state index is 0.569. The molecule has 0 aromatic rings. The van der Waals surface area contributed by atoms with Gasteiger partial charge >= 0.3 is 33.0 Å². The maximum absolute atomic E-state index is 4.70. The quantitative estimate of drug-likeness (QED) is 0.404. The Morgan fingerprint density at radius 2 is 1.00 bits per heavy atom. The third-order valence-electron chi connectivity index (χ3n) is 0. The van der Waals surface area contributed by atoms with Crippen molar-refractivity contribution in [1.82, 2.24) is 0 Å². The van der Waals surface area contributed by atoms with Crippen LogP contribution in [0.5, 0.6) is 0 Å². The van der Waals surface area contributed by atoms with Crippen LogP contribution in [0.2, 0.25) is 0 Å². The van der Waals surface area contributed by atoms with E-state index in [1.165, 1.54) is 0 Å². The van der Waals surface area contributed by atoms with Crippen LogP contribution in [0.15, 0.2) is 0 Å². The molecule has 0 amide bonds. The van der Waals surface area contributed by atoms with Crippen molar-refractivity contribution in [3.63, 3.8) is 0 Å². The SMILES string of the molecule is [CH2-]C.[CH2-]C.[Cl][Ni+2][Cl]. The number of halogens is 2. The van der Waals surface area contributed by atoms with Gasteiger partial charge < -0.3 is 13.8 Å². The van der Waals surface area contributed by atoms with Crippen LogP contribution >= 0.6 is 20.4 Å². The summed E-state index contributed by atoms with van der Waals surface area (Å²) in [4.78, 5) is 0. The molecule has 0 N–H and O–H groups in total. The van der Waals surface area contributed by atoms with Crippen molar-refractivity contribution >= 4 is 20.4 Å². The van der Waals surface area contributed by atoms with Crippen molar-refractivity contribution in [3.8, 4) is 0 Å². The summed E-state index contributed by atoms with van der Waals surface area (Å²) in [5.74, 6) is 0. The normalized spacial score (nSPS) is 4.86. The molecule has 0 atom stereocenters. The molecule has 0 aliphatic heterocycles. The average Bonchev–Trinajstić information content (AvgIpc) is 1.78. The number of hydrogen-bond donors (Lipinski definition) is 0. The van der Waals surface area contributed by atoms with E-state index in [1.54, 1.807) is 13.8 Å². The van der Waals surface area contributed by atoms with Crippen LogP contribution in [-0.2, 0) is 12.7 Å². The van der Waals surface area contributed by atoms with Crippen LogP contribution in [0, 0.1) is 13.8 Å². The molecule has 0 bridgehead atoms. The molecule has 7 heavy (non-hydrogen) atoms. The fourth-order valence-corrected chi connectivity index (χ4v) is 0. The van der Waals surface area contributed by atoms with E-state index in [0.717, 1.165) is 0 Å². The topological polar surface area (TPSA) is 0 Å². The molecule has 3 heteroatoms. The van der Waals surface area contributed by atoms with Gasteiger partial charge in [0, 0.05) is 0 Å². The molecule has 0 nitrogen and oxygen atoms in total. The van der Waals surface area contributed by atoms with E-state index in [9.17, 15) is 0 Å². The standard InChI is InChI=1S/2C2H5.2ClH.Ni/c2*1-2;;;/h2*1H2,2H3;2*1H;/q2*-1;;;+4/p-2. The van der Waals surface area contributed by atoms with Gasteiger partial charge in [0.25, 0.3) is 0 Å². The van der Waals surface area contributed by atoms with E-state index in [4.69, 9.17) is 20.4 Å². The Balaban J connectivity index is -0.0000000360. The third kappa shape index (κ3) is 158. The van der Waals surface area contributed by atoms with Gasteiger partial charge in [0.1, 0.15) is 0 Å². The predicted molar refractivity (Wildman–Crippen MR) is 33.8 cm³/mol. The van der Waals surface area contributed by atoms with E-state index in [2.05, 4.69) is 13.8 Å². The van der Waals surface area contributed by atoms with E-state index < -0.39 is 0 Å². The molecule has 0 heterocycles. The molecular weight excluding hydrogens is 178 g/mol. The van der Waals surface area contributed by atoms with Crippen LogP contribution in [0.25, 0.3) is 0 Å². The summed E-state index contributed by atoms with van der Waals surface area (Å²) in [5, 5.41) is 0. The van der Waals surface area contributed by atoms with Gasteiger partial charge in [-0.2, -0.15) is 13.8 Å². The maximum atomic E-state index is 4.70. The van der Waals surface area contributed by atoms with Crippen LogP contribution in [0.1, 0.15) is 13.8 Å². The van der Waals surface area contributed by atoms with Crippen LogP contribution < -0.4 is 0 Å².